The third-order valence-corrected chi connectivity index (χ3v) is 7.88. The number of hydrogen-bond acceptors (Lipinski definition) is 4. The summed E-state index contributed by atoms with van der Waals surface area (Å²) >= 11 is 0. The number of anilines is 1. The molecule has 1 aliphatic carbocycles. The molecule has 2 aromatic heterocycles. The molecule has 1 aliphatic heterocycles. The molecule has 3 heterocycles. The van der Waals surface area contributed by atoms with Crippen LogP contribution < -0.4 is 5.32 Å². The van der Waals surface area contributed by atoms with Crippen molar-refractivity contribution in [2.24, 2.45) is 5.92 Å². The number of rotatable bonds is 8. The van der Waals surface area contributed by atoms with Gasteiger partial charge in [0.15, 0.2) is 0 Å². The minimum atomic E-state index is -4.37. The molecule has 0 unspecified atom stereocenters. The van der Waals surface area contributed by atoms with Gasteiger partial charge in [0.25, 0.3) is 0 Å². The van der Waals surface area contributed by atoms with Gasteiger partial charge in [0, 0.05) is 49.1 Å². The highest BCUT2D eigenvalue weighted by atomic mass is 19.4. The van der Waals surface area contributed by atoms with E-state index in [-0.39, 0.29) is 11.9 Å². The van der Waals surface area contributed by atoms with Crippen molar-refractivity contribution in [1.29, 1.82) is 0 Å². The molecule has 0 radical (unpaired) electrons. The molecule has 4 aromatic rings. The number of nitrogens with zero attached hydrogens (tertiary/aromatic N) is 5. The molecule has 2 aliphatic rings. The minimum absolute atomic E-state index is 0.262. The lowest BCUT2D eigenvalue weighted by molar-refractivity contribution is -0.142. The number of halogens is 3. The highest BCUT2D eigenvalue weighted by molar-refractivity contribution is 5.91. The second kappa shape index (κ2) is 11.0. The van der Waals surface area contributed by atoms with E-state index in [0.29, 0.717) is 18.0 Å². The number of aromatic nitrogens is 4. The van der Waals surface area contributed by atoms with Crippen LogP contribution in [-0.2, 0) is 9.59 Å². The van der Waals surface area contributed by atoms with Crippen molar-refractivity contribution in [2.75, 3.05) is 18.4 Å². The molecular formula is C30H31F3N6O2. The number of carbonyl (C=O) groups is 2. The Balaban J connectivity index is 1.12. The Kier molecular flexibility index (Phi) is 7.27. The van der Waals surface area contributed by atoms with Crippen molar-refractivity contribution in [3.8, 4) is 16.8 Å². The first-order chi connectivity index (χ1) is 19.7. The Hall–Kier alpha value is -4.15. The summed E-state index contributed by atoms with van der Waals surface area (Å²) in [5.74, 6) is 0.208. The SMILES string of the molecule is O=C(CCC(F)(F)F)Nc1cccc(-n2cnc3cc(-c4cnn(C5CCN(C(=O)CC6CC6)CC5)c4)ccc32)c1. The van der Waals surface area contributed by atoms with Gasteiger partial charge in [0.1, 0.15) is 6.33 Å². The Morgan fingerprint density at radius 1 is 1.00 bits per heavy atom. The van der Waals surface area contributed by atoms with E-state index in [9.17, 15) is 22.8 Å². The number of likely N-dealkylation sites (tertiary alicyclic amines) is 1. The zero-order valence-corrected chi connectivity index (χ0v) is 22.5. The molecule has 0 spiro atoms. The van der Waals surface area contributed by atoms with E-state index in [1.165, 1.54) is 12.8 Å². The third kappa shape index (κ3) is 6.44. The monoisotopic (exact) mass is 564 g/mol. The van der Waals surface area contributed by atoms with E-state index >= 15 is 0 Å². The van der Waals surface area contributed by atoms with Crippen LogP contribution in [0.1, 0.15) is 51.0 Å². The molecule has 11 heteroatoms. The average molecular weight is 565 g/mol. The number of alkyl halides is 3. The van der Waals surface area contributed by atoms with Crippen LogP contribution in [-0.4, -0.2) is 55.3 Å². The predicted molar refractivity (Wildman–Crippen MR) is 148 cm³/mol. The maximum absolute atomic E-state index is 12.4. The highest BCUT2D eigenvalue weighted by Crippen LogP contribution is 2.34. The average Bonchev–Trinajstić information content (AvgIpc) is 3.45. The number of amides is 2. The first kappa shape index (κ1) is 27.0. The lowest BCUT2D eigenvalue weighted by Gasteiger charge is -2.32. The Morgan fingerprint density at radius 3 is 2.56 bits per heavy atom. The van der Waals surface area contributed by atoms with Crippen molar-refractivity contribution in [3.63, 3.8) is 0 Å². The van der Waals surface area contributed by atoms with Crippen LogP contribution in [0.2, 0.25) is 0 Å². The first-order valence-electron chi connectivity index (χ1n) is 14.0. The fourth-order valence-electron chi connectivity index (χ4n) is 5.37. The van der Waals surface area contributed by atoms with Gasteiger partial charge in [-0.3, -0.25) is 18.8 Å². The summed E-state index contributed by atoms with van der Waals surface area (Å²) in [6.07, 6.45) is 4.29. The fraction of sp³-hybridized carbons (Fsp3) is 0.400. The fourth-order valence-corrected chi connectivity index (χ4v) is 5.37. The van der Waals surface area contributed by atoms with Crippen molar-refractivity contribution in [1.82, 2.24) is 24.2 Å². The molecule has 1 saturated carbocycles. The maximum Gasteiger partial charge on any atom is 0.389 e. The highest BCUT2D eigenvalue weighted by Gasteiger charge is 2.30. The summed E-state index contributed by atoms with van der Waals surface area (Å²) in [5, 5.41) is 7.17. The van der Waals surface area contributed by atoms with Crippen LogP contribution in [0, 0.1) is 5.92 Å². The summed E-state index contributed by atoms with van der Waals surface area (Å²) in [5.41, 5.74) is 4.73. The van der Waals surface area contributed by atoms with Crippen LogP contribution >= 0.6 is 0 Å². The van der Waals surface area contributed by atoms with Gasteiger partial charge < -0.3 is 10.2 Å². The quantitative estimate of drug-likeness (QED) is 0.279. The van der Waals surface area contributed by atoms with Crippen LogP contribution in [0.25, 0.3) is 27.8 Å². The van der Waals surface area contributed by atoms with E-state index in [4.69, 9.17) is 0 Å². The first-order valence-corrected chi connectivity index (χ1v) is 14.0. The molecule has 8 nitrogen and oxygen atoms in total. The van der Waals surface area contributed by atoms with Gasteiger partial charge in [-0.05, 0) is 67.5 Å². The van der Waals surface area contributed by atoms with E-state index < -0.39 is 24.9 Å². The summed E-state index contributed by atoms with van der Waals surface area (Å²) in [7, 11) is 0. The zero-order valence-electron chi connectivity index (χ0n) is 22.5. The number of fused-ring (bicyclic) bond motifs is 1. The van der Waals surface area contributed by atoms with Crippen molar-refractivity contribution < 1.29 is 22.8 Å². The van der Waals surface area contributed by atoms with Gasteiger partial charge in [-0.25, -0.2) is 4.98 Å². The van der Waals surface area contributed by atoms with Crippen LogP contribution in [0.4, 0.5) is 18.9 Å². The van der Waals surface area contributed by atoms with E-state index in [2.05, 4.69) is 21.6 Å². The number of hydrogen-bond donors (Lipinski definition) is 1. The maximum atomic E-state index is 12.4. The normalized spacial score (nSPS) is 16.3. The molecular weight excluding hydrogens is 533 g/mol. The Morgan fingerprint density at radius 2 is 1.80 bits per heavy atom. The van der Waals surface area contributed by atoms with Crippen LogP contribution in [0.3, 0.4) is 0 Å². The number of benzene rings is 2. The molecule has 0 bridgehead atoms. The molecule has 2 aromatic carbocycles. The molecule has 41 heavy (non-hydrogen) atoms. The predicted octanol–water partition coefficient (Wildman–Crippen LogP) is 6.13. The standard InChI is InChI=1S/C30H31F3N6O2/c31-30(32,33)11-8-28(40)36-23-2-1-3-25(16-23)38-19-34-26-15-21(6-7-27(26)38)22-17-35-39(18-22)24-9-12-37(13-10-24)29(41)14-20-4-5-20/h1-3,6-7,15-20,24H,4-5,8-14H2,(H,36,40). The number of carbonyl (C=O) groups excluding carboxylic acids is 2. The second-order valence-corrected chi connectivity index (χ2v) is 11.0. The lowest BCUT2D eigenvalue weighted by Crippen LogP contribution is -2.39. The molecule has 1 N–H and O–H groups in total. The summed E-state index contributed by atoms with van der Waals surface area (Å²) in [6.45, 7) is 1.54. The minimum Gasteiger partial charge on any atom is -0.343 e. The smallest absolute Gasteiger partial charge is 0.343 e. The summed E-state index contributed by atoms with van der Waals surface area (Å²) in [4.78, 5) is 31.0. The molecule has 2 amide bonds. The topological polar surface area (TPSA) is 85.1 Å². The van der Waals surface area contributed by atoms with E-state index in [1.54, 1.807) is 24.5 Å². The molecule has 2 fully saturated rings. The number of nitrogens with one attached hydrogen (secondary N) is 1. The molecule has 6 rings (SSSR count). The van der Waals surface area contributed by atoms with Gasteiger partial charge in [0.05, 0.1) is 29.7 Å². The van der Waals surface area contributed by atoms with Crippen LogP contribution in [0.5, 0.6) is 0 Å². The third-order valence-electron chi connectivity index (χ3n) is 7.88. The Bertz CT molecular complexity index is 1560. The van der Waals surface area contributed by atoms with Gasteiger partial charge in [-0.2, -0.15) is 18.3 Å². The summed E-state index contributed by atoms with van der Waals surface area (Å²) < 4.78 is 41.2. The van der Waals surface area contributed by atoms with Gasteiger partial charge in [0.2, 0.25) is 11.8 Å². The van der Waals surface area contributed by atoms with Crippen molar-refractivity contribution in [3.05, 3.63) is 61.2 Å². The van der Waals surface area contributed by atoms with E-state index in [1.807, 2.05) is 44.6 Å². The second-order valence-electron chi connectivity index (χ2n) is 11.0. The molecule has 1 saturated heterocycles. The van der Waals surface area contributed by atoms with Crippen LogP contribution in [0.15, 0.2) is 61.2 Å². The zero-order chi connectivity index (χ0) is 28.6. The molecule has 0 atom stereocenters. The largest absolute Gasteiger partial charge is 0.389 e. The van der Waals surface area contributed by atoms with Gasteiger partial charge >= 0.3 is 6.18 Å². The summed E-state index contributed by atoms with van der Waals surface area (Å²) in [6, 6.07) is 13.1. The van der Waals surface area contributed by atoms with Gasteiger partial charge in [-0.15, -0.1) is 0 Å². The number of imidazole rings is 1. The van der Waals surface area contributed by atoms with Crippen molar-refractivity contribution in [2.45, 2.75) is 57.2 Å². The van der Waals surface area contributed by atoms with E-state index in [0.717, 1.165) is 53.8 Å². The Labute approximate surface area is 235 Å². The lowest BCUT2D eigenvalue weighted by atomic mass is 10.0. The van der Waals surface area contributed by atoms with Crippen molar-refractivity contribution >= 4 is 28.5 Å². The molecule has 214 valence electrons. The van der Waals surface area contributed by atoms with Gasteiger partial charge in [-0.1, -0.05) is 12.1 Å². The number of piperidine rings is 1.